The first-order valence-electron chi connectivity index (χ1n) is 7.59. The molecule has 0 radical (unpaired) electrons. The molecule has 0 saturated carbocycles. The summed E-state index contributed by atoms with van der Waals surface area (Å²) >= 11 is 6.01. The summed E-state index contributed by atoms with van der Waals surface area (Å²) in [6.07, 6.45) is 1.21. The molecule has 4 heteroatoms. The number of para-hydroxylation sites is 1. The van der Waals surface area contributed by atoms with Gasteiger partial charge in [-0.1, -0.05) is 42.8 Å². The summed E-state index contributed by atoms with van der Waals surface area (Å²) in [6.45, 7) is 2.70. The van der Waals surface area contributed by atoms with Crippen LogP contribution in [0.5, 0.6) is 0 Å². The maximum absolute atomic E-state index is 12.9. The van der Waals surface area contributed by atoms with Crippen molar-refractivity contribution < 1.29 is 4.79 Å². The van der Waals surface area contributed by atoms with Crippen molar-refractivity contribution >= 4 is 23.2 Å². The van der Waals surface area contributed by atoms with E-state index in [4.69, 9.17) is 16.9 Å². The normalized spacial score (nSPS) is 19.3. The lowest BCUT2D eigenvalue weighted by atomic mass is 9.80. The molecule has 1 aliphatic rings. The number of carbonyl (C=O) groups is 1. The molecule has 2 aromatic carbocycles. The first-order valence-corrected chi connectivity index (χ1v) is 7.97. The lowest BCUT2D eigenvalue weighted by Gasteiger charge is -2.24. The van der Waals surface area contributed by atoms with E-state index in [-0.39, 0.29) is 11.3 Å². The lowest BCUT2D eigenvalue weighted by molar-refractivity contribution is 0.0985. The molecule has 0 N–H and O–H groups in total. The summed E-state index contributed by atoms with van der Waals surface area (Å²) in [5.74, 6) is -0.0550. The zero-order valence-corrected chi connectivity index (χ0v) is 13.7. The van der Waals surface area contributed by atoms with Crippen molar-refractivity contribution in [3.63, 3.8) is 0 Å². The van der Waals surface area contributed by atoms with Gasteiger partial charge in [0, 0.05) is 34.7 Å². The topological polar surface area (TPSA) is 44.1 Å². The number of amides is 1. The zero-order chi connectivity index (χ0) is 16.4. The van der Waals surface area contributed by atoms with Crippen LogP contribution in [0.25, 0.3) is 0 Å². The van der Waals surface area contributed by atoms with E-state index < -0.39 is 0 Å². The van der Waals surface area contributed by atoms with E-state index in [9.17, 15) is 4.79 Å². The standard InChI is InChI=1S/C19H17ClN2O/c1-19(10-5-11-21)13-22(17-9-3-2-8-16(17)19)18(23)14-6-4-7-15(20)12-14/h2-4,6-9,12H,5,10,13H2,1H3. The fourth-order valence-corrected chi connectivity index (χ4v) is 3.43. The highest BCUT2D eigenvalue weighted by Gasteiger charge is 2.40. The Kier molecular flexibility index (Phi) is 4.11. The second-order valence-electron chi connectivity index (χ2n) is 6.14. The first kappa shape index (κ1) is 15.6. The molecule has 1 atom stereocenters. The molecule has 0 aliphatic carbocycles. The first-order chi connectivity index (χ1) is 11.0. The van der Waals surface area contributed by atoms with E-state index >= 15 is 0 Å². The molecule has 3 nitrogen and oxygen atoms in total. The van der Waals surface area contributed by atoms with Crippen molar-refractivity contribution in [3.8, 4) is 6.07 Å². The van der Waals surface area contributed by atoms with Gasteiger partial charge in [-0.3, -0.25) is 4.79 Å². The van der Waals surface area contributed by atoms with Crippen LogP contribution in [0.2, 0.25) is 5.02 Å². The number of anilines is 1. The van der Waals surface area contributed by atoms with Gasteiger partial charge >= 0.3 is 0 Å². The molecular formula is C19H17ClN2O. The average molecular weight is 325 g/mol. The Morgan fingerprint density at radius 2 is 2.09 bits per heavy atom. The number of halogens is 1. The Hall–Kier alpha value is -2.31. The van der Waals surface area contributed by atoms with E-state index in [1.807, 2.05) is 18.2 Å². The van der Waals surface area contributed by atoms with Crippen LogP contribution in [0, 0.1) is 11.3 Å². The molecule has 23 heavy (non-hydrogen) atoms. The van der Waals surface area contributed by atoms with Crippen LogP contribution >= 0.6 is 11.6 Å². The summed E-state index contributed by atoms with van der Waals surface area (Å²) in [4.78, 5) is 14.7. The third kappa shape index (κ3) is 2.83. The Morgan fingerprint density at radius 3 is 2.83 bits per heavy atom. The van der Waals surface area contributed by atoms with Crippen molar-refractivity contribution in [2.45, 2.75) is 25.2 Å². The minimum atomic E-state index is -0.194. The van der Waals surface area contributed by atoms with E-state index in [0.717, 1.165) is 17.7 Å². The van der Waals surface area contributed by atoms with Gasteiger partial charge in [0.15, 0.2) is 0 Å². The number of carbonyl (C=O) groups excluding carboxylic acids is 1. The van der Waals surface area contributed by atoms with Crippen molar-refractivity contribution in [2.75, 3.05) is 11.4 Å². The largest absolute Gasteiger partial charge is 0.307 e. The van der Waals surface area contributed by atoms with Crippen molar-refractivity contribution in [2.24, 2.45) is 0 Å². The Labute approximate surface area is 141 Å². The van der Waals surface area contributed by atoms with Gasteiger partial charge in [-0.15, -0.1) is 0 Å². The van der Waals surface area contributed by atoms with Crippen LogP contribution in [-0.4, -0.2) is 12.5 Å². The minimum absolute atomic E-state index is 0.0550. The van der Waals surface area contributed by atoms with Gasteiger partial charge < -0.3 is 4.90 Å². The number of hydrogen-bond donors (Lipinski definition) is 0. The number of rotatable bonds is 3. The number of hydrogen-bond acceptors (Lipinski definition) is 2. The number of nitriles is 1. The van der Waals surface area contributed by atoms with Crippen LogP contribution in [0.1, 0.15) is 35.7 Å². The summed E-state index contributed by atoms with van der Waals surface area (Å²) in [7, 11) is 0. The molecule has 0 spiro atoms. The monoisotopic (exact) mass is 324 g/mol. The molecule has 2 aromatic rings. The van der Waals surface area contributed by atoms with Gasteiger partial charge in [0.2, 0.25) is 0 Å². The lowest BCUT2D eigenvalue weighted by Crippen LogP contribution is -2.35. The smallest absolute Gasteiger partial charge is 0.258 e. The quantitative estimate of drug-likeness (QED) is 0.830. The predicted molar refractivity (Wildman–Crippen MR) is 91.8 cm³/mol. The maximum atomic E-state index is 12.9. The summed E-state index contributed by atoms with van der Waals surface area (Å²) in [6, 6.07) is 17.2. The van der Waals surface area contributed by atoms with E-state index in [1.165, 1.54) is 0 Å². The fraction of sp³-hybridized carbons (Fsp3) is 0.263. The molecule has 1 amide bonds. The molecule has 0 fully saturated rings. The van der Waals surface area contributed by atoms with Crippen LogP contribution in [0.4, 0.5) is 5.69 Å². The van der Waals surface area contributed by atoms with Gasteiger partial charge in [-0.2, -0.15) is 5.26 Å². The minimum Gasteiger partial charge on any atom is -0.307 e. The second kappa shape index (κ2) is 6.06. The van der Waals surface area contributed by atoms with Gasteiger partial charge in [0.05, 0.1) is 6.07 Å². The Bertz CT molecular complexity index is 796. The van der Waals surface area contributed by atoms with E-state index in [2.05, 4.69) is 19.1 Å². The molecule has 116 valence electrons. The number of benzene rings is 2. The maximum Gasteiger partial charge on any atom is 0.258 e. The van der Waals surface area contributed by atoms with Crippen LogP contribution < -0.4 is 4.90 Å². The van der Waals surface area contributed by atoms with E-state index in [0.29, 0.717) is 23.6 Å². The van der Waals surface area contributed by atoms with Crippen molar-refractivity contribution in [1.29, 1.82) is 5.26 Å². The fourth-order valence-electron chi connectivity index (χ4n) is 3.24. The van der Waals surface area contributed by atoms with Gasteiger partial charge in [-0.25, -0.2) is 0 Å². The molecule has 1 heterocycles. The molecule has 0 saturated heterocycles. The highest BCUT2D eigenvalue weighted by Crippen LogP contribution is 2.43. The summed E-state index contributed by atoms with van der Waals surface area (Å²) in [5.41, 5.74) is 2.45. The van der Waals surface area contributed by atoms with Crippen LogP contribution in [-0.2, 0) is 5.41 Å². The van der Waals surface area contributed by atoms with Crippen LogP contribution in [0.15, 0.2) is 48.5 Å². The zero-order valence-electron chi connectivity index (χ0n) is 12.9. The molecular weight excluding hydrogens is 308 g/mol. The Balaban J connectivity index is 1.99. The number of nitrogens with zero attached hydrogens (tertiary/aromatic N) is 2. The molecule has 0 aromatic heterocycles. The van der Waals surface area contributed by atoms with E-state index in [1.54, 1.807) is 29.2 Å². The average Bonchev–Trinajstić information content (AvgIpc) is 2.86. The van der Waals surface area contributed by atoms with Gasteiger partial charge in [0.25, 0.3) is 5.91 Å². The van der Waals surface area contributed by atoms with Crippen molar-refractivity contribution in [1.82, 2.24) is 0 Å². The highest BCUT2D eigenvalue weighted by atomic mass is 35.5. The van der Waals surface area contributed by atoms with Crippen molar-refractivity contribution in [3.05, 3.63) is 64.7 Å². The third-order valence-corrected chi connectivity index (χ3v) is 4.69. The summed E-state index contributed by atoms with van der Waals surface area (Å²) in [5, 5.41) is 9.48. The molecule has 1 unspecified atom stereocenters. The molecule has 3 rings (SSSR count). The van der Waals surface area contributed by atoms with Gasteiger partial charge in [0.1, 0.15) is 0 Å². The predicted octanol–water partition coefficient (Wildman–Crippen LogP) is 4.56. The second-order valence-corrected chi connectivity index (χ2v) is 6.57. The molecule has 0 bridgehead atoms. The van der Waals surface area contributed by atoms with Crippen LogP contribution in [0.3, 0.4) is 0 Å². The summed E-state index contributed by atoms with van der Waals surface area (Å²) < 4.78 is 0. The number of fused-ring (bicyclic) bond motifs is 1. The van der Waals surface area contributed by atoms with Gasteiger partial charge in [-0.05, 0) is 36.2 Å². The third-order valence-electron chi connectivity index (χ3n) is 4.46. The molecule has 1 aliphatic heterocycles. The SMILES string of the molecule is CC1(CCC#N)CN(C(=O)c2cccc(Cl)c2)c2ccccc21. The highest BCUT2D eigenvalue weighted by molar-refractivity contribution is 6.31. The Morgan fingerprint density at radius 1 is 1.30 bits per heavy atom.